The zero-order valence-electron chi connectivity index (χ0n) is 22.5. The number of amides is 2. The number of ether oxygens (including phenoxy) is 1. The standard InChI is InChI=1S/C29H37Cl2N5O3S/c30-23-10-9-22(20-24(23)31)33-28(40)35-29(11-4-5-12-29)27(38)34-25(19-21-7-2-1-3-8-21)26(37)32-13-6-14-36-15-17-39-18-16-36/h1-3,7-10,20,25H,4-6,11-19H2,(H,32,37)(H,34,38)(H2,33,35,40)/t25-/m1/s1. The van der Waals surface area contributed by atoms with Gasteiger partial charge in [-0.2, -0.15) is 0 Å². The van der Waals surface area contributed by atoms with E-state index in [1.165, 1.54) is 0 Å². The first-order valence-corrected chi connectivity index (χ1v) is 15.0. The maximum absolute atomic E-state index is 13.8. The zero-order chi connectivity index (χ0) is 28.4. The molecule has 1 aliphatic heterocycles. The molecule has 1 saturated carbocycles. The van der Waals surface area contributed by atoms with E-state index in [0.29, 0.717) is 46.7 Å². The molecule has 0 bridgehead atoms. The molecule has 40 heavy (non-hydrogen) atoms. The second-order valence-corrected chi connectivity index (χ2v) is 11.5. The highest BCUT2D eigenvalue weighted by Gasteiger charge is 2.43. The lowest BCUT2D eigenvalue weighted by Crippen LogP contribution is -2.61. The summed E-state index contributed by atoms with van der Waals surface area (Å²) >= 11 is 17.7. The lowest BCUT2D eigenvalue weighted by molar-refractivity contribution is -0.132. The van der Waals surface area contributed by atoms with Crippen molar-refractivity contribution in [2.24, 2.45) is 0 Å². The molecule has 1 aliphatic carbocycles. The Kier molecular flexibility index (Phi) is 11.4. The molecule has 1 heterocycles. The van der Waals surface area contributed by atoms with Gasteiger partial charge in [0.1, 0.15) is 11.6 Å². The van der Waals surface area contributed by atoms with Crippen LogP contribution in [0.5, 0.6) is 0 Å². The van der Waals surface area contributed by atoms with Gasteiger partial charge in [0.2, 0.25) is 11.8 Å². The Labute approximate surface area is 251 Å². The van der Waals surface area contributed by atoms with Gasteiger partial charge in [-0.1, -0.05) is 66.4 Å². The summed E-state index contributed by atoms with van der Waals surface area (Å²) in [6, 6.07) is 14.1. The molecule has 2 aromatic carbocycles. The van der Waals surface area contributed by atoms with Gasteiger partial charge < -0.3 is 26.0 Å². The number of nitrogens with zero attached hydrogens (tertiary/aromatic N) is 1. The third-order valence-electron chi connectivity index (χ3n) is 7.38. The molecule has 11 heteroatoms. The number of rotatable bonds is 11. The number of hydrogen-bond acceptors (Lipinski definition) is 5. The SMILES string of the molecule is O=C(NCCCN1CCOCC1)[C@@H](Cc1ccccc1)NC(=O)C1(NC(=S)Nc2ccc(Cl)c(Cl)c2)CCCC1. The zero-order valence-corrected chi connectivity index (χ0v) is 24.8. The predicted molar refractivity (Wildman–Crippen MR) is 164 cm³/mol. The summed E-state index contributed by atoms with van der Waals surface area (Å²) in [4.78, 5) is 29.5. The van der Waals surface area contributed by atoms with E-state index in [2.05, 4.69) is 26.2 Å². The van der Waals surface area contributed by atoms with Gasteiger partial charge >= 0.3 is 0 Å². The largest absolute Gasteiger partial charge is 0.379 e. The minimum absolute atomic E-state index is 0.191. The van der Waals surface area contributed by atoms with Crippen LogP contribution in [0.25, 0.3) is 0 Å². The average Bonchev–Trinajstić information content (AvgIpc) is 3.43. The minimum Gasteiger partial charge on any atom is -0.379 e. The van der Waals surface area contributed by atoms with E-state index in [4.69, 9.17) is 40.2 Å². The molecule has 8 nitrogen and oxygen atoms in total. The quantitative estimate of drug-likeness (QED) is 0.226. The van der Waals surface area contributed by atoms with E-state index in [0.717, 1.165) is 57.7 Å². The van der Waals surface area contributed by atoms with Crippen LogP contribution in [0.4, 0.5) is 5.69 Å². The van der Waals surface area contributed by atoms with Crippen molar-refractivity contribution in [1.29, 1.82) is 0 Å². The Balaban J connectivity index is 1.39. The van der Waals surface area contributed by atoms with E-state index in [1.807, 2.05) is 30.3 Å². The van der Waals surface area contributed by atoms with Crippen molar-refractivity contribution in [1.82, 2.24) is 20.9 Å². The molecule has 2 aliphatic rings. The van der Waals surface area contributed by atoms with Crippen molar-refractivity contribution < 1.29 is 14.3 Å². The highest BCUT2D eigenvalue weighted by atomic mass is 35.5. The molecular weight excluding hydrogens is 569 g/mol. The predicted octanol–water partition coefficient (Wildman–Crippen LogP) is 4.16. The second-order valence-electron chi connectivity index (χ2n) is 10.3. The topological polar surface area (TPSA) is 94.7 Å². The molecule has 0 radical (unpaired) electrons. The summed E-state index contributed by atoms with van der Waals surface area (Å²) in [5.74, 6) is -0.420. The van der Waals surface area contributed by atoms with E-state index in [-0.39, 0.29) is 11.8 Å². The lowest BCUT2D eigenvalue weighted by Gasteiger charge is -2.32. The fourth-order valence-electron chi connectivity index (χ4n) is 5.16. The highest BCUT2D eigenvalue weighted by molar-refractivity contribution is 7.80. The Morgan fingerprint density at radius 1 is 1.02 bits per heavy atom. The minimum atomic E-state index is -0.911. The molecular formula is C29H37Cl2N5O3S. The Morgan fingerprint density at radius 2 is 1.75 bits per heavy atom. The van der Waals surface area contributed by atoms with E-state index in [1.54, 1.807) is 18.2 Å². The fraction of sp³-hybridized carbons (Fsp3) is 0.483. The van der Waals surface area contributed by atoms with Gasteiger partial charge in [0.25, 0.3) is 0 Å². The van der Waals surface area contributed by atoms with Gasteiger partial charge in [-0.15, -0.1) is 0 Å². The van der Waals surface area contributed by atoms with Crippen LogP contribution in [0.15, 0.2) is 48.5 Å². The summed E-state index contributed by atoms with van der Waals surface area (Å²) in [6.45, 7) is 4.77. The molecule has 2 amide bonds. The van der Waals surface area contributed by atoms with Crippen LogP contribution in [-0.4, -0.2) is 72.8 Å². The summed E-state index contributed by atoms with van der Waals surface area (Å²) in [6.07, 6.45) is 4.21. The van der Waals surface area contributed by atoms with Crippen LogP contribution < -0.4 is 21.3 Å². The van der Waals surface area contributed by atoms with Gasteiger partial charge in [0, 0.05) is 31.7 Å². The van der Waals surface area contributed by atoms with Crippen LogP contribution in [-0.2, 0) is 20.7 Å². The molecule has 216 valence electrons. The van der Waals surface area contributed by atoms with Crippen LogP contribution in [0.2, 0.25) is 10.0 Å². The molecule has 1 saturated heterocycles. The third kappa shape index (κ3) is 8.78. The van der Waals surface area contributed by atoms with Crippen molar-refractivity contribution in [3.05, 3.63) is 64.1 Å². The average molecular weight is 607 g/mol. The van der Waals surface area contributed by atoms with Gasteiger partial charge in [0.05, 0.1) is 23.3 Å². The molecule has 0 unspecified atom stereocenters. The first-order valence-electron chi connectivity index (χ1n) is 13.8. The summed E-state index contributed by atoms with van der Waals surface area (Å²) in [7, 11) is 0. The van der Waals surface area contributed by atoms with Crippen molar-refractivity contribution in [3.8, 4) is 0 Å². The van der Waals surface area contributed by atoms with Crippen LogP contribution in [0.1, 0.15) is 37.7 Å². The normalized spacial score (nSPS) is 17.6. The van der Waals surface area contributed by atoms with Gasteiger partial charge in [-0.3, -0.25) is 14.5 Å². The van der Waals surface area contributed by atoms with Crippen molar-refractivity contribution >= 4 is 58.0 Å². The van der Waals surface area contributed by atoms with E-state index >= 15 is 0 Å². The summed E-state index contributed by atoms with van der Waals surface area (Å²) in [5, 5.41) is 13.6. The maximum Gasteiger partial charge on any atom is 0.246 e. The number of morpholine rings is 1. The lowest BCUT2D eigenvalue weighted by atomic mass is 9.95. The molecule has 0 spiro atoms. The summed E-state index contributed by atoms with van der Waals surface area (Å²) in [5.41, 5.74) is 0.728. The van der Waals surface area contributed by atoms with E-state index in [9.17, 15) is 9.59 Å². The number of anilines is 1. The Bertz CT molecular complexity index is 1160. The first kappa shape index (κ1) is 30.5. The maximum atomic E-state index is 13.8. The molecule has 4 rings (SSSR count). The smallest absolute Gasteiger partial charge is 0.246 e. The first-order chi connectivity index (χ1) is 19.3. The Hall–Kier alpha value is -2.43. The second kappa shape index (κ2) is 15.0. The number of nitrogens with one attached hydrogen (secondary N) is 4. The number of benzene rings is 2. The van der Waals surface area contributed by atoms with Crippen LogP contribution >= 0.6 is 35.4 Å². The van der Waals surface area contributed by atoms with Gasteiger partial charge in [-0.25, -0.2) is 0 Å². The molecule has 2 aromatic rings. The number of hydrogen-bond donors (Lipinski definition) is 4. The monoisotopic (exact) mass is 605 g/mol. The number of thiocarbonyl (C=S) groups is 1. The number of halogens is 2. The molecule has 2 fully saturated rings. The van der Waals surface area contributed by atoms with Gasteiger partial charge in [-0.05, 0) is 61.8 Å². The Morgan fingerprint density at radius 3 is 2.45 bits per heavy atom. The molecule has 0 aromatic heterocycles. The summed E-state index contributed by atoms with van der Waals surface area (Å²) < 4.78 is 5.40. The fourth-order valence-corrected chi connectivity index (χ4v) is 5.77. The van der Waals surface area contributed by atoms with Crippen LogP contribution in [0.3, 0.4) is 0 Å². The van der Waals surface area contributed by atoms with Crippen molar-refractivity contribution in [2.45, 2.75) is 50.1 Å². The highest BCUT2D eigenvalue weighted by Crippen LogP contribution is 2.31. The van der Waals surface area contributed by atoms with Crippen LogP contribution in [0, 0.1) is 0 Å². The van der Waals surface area contributed by atoms with Crippen molar-refractivity contribution in [3.63, 3.8) is 0 Å². The number of carbonyl (C=O) groups excluding carboxylic acids is 2. The molecule has 4 N–H and O–H groups in total. The van der Waals surface area contributed by atoms with Crippen molar-refractivity contribution in [2.75, 3.05) is 44.7 Å². The molecule has 1 atom stereocenters. The van der Waals surface area contributed by atoms with Gasteiger partial charge in [0.15, 0.2) is 5.11 Å². The number of carbonyl (C=O) groups is 2. The third-order valence-corrected chi connectivity index (χ3v) is 8.32. The van der Waals surface area contributed by atoms with E-state index < -0.39 is 11.6 Å².